The Morgan fingerprint density at radius 2 is 1.50 bits per heavy atom. The molecule has 0 aliphatic carbocycles. The van der Waals surface area contributed by atoms with E-state index in [1.165, 1.54) is 6.08 Å². The van der Waals surface area contributed by atoms with Gasteiger partial charge in [0.1, 0.15) is 0 Å². The fourth-order valence-electron chi connectivity index (χ4n) is 1.32. The van der Waals surface area contributed by atoms with Crippen molar-refractivity contribution in [3.63, 3.8) is 0 Å². The fraction of sp³-hybridized carbons (Fsp3) is 0. The van der Waals surface area contributed by atoms with Crippen LogP contribution in [0, 0.1) is 0 Å². The Bertz CT molecular complexity index is 518. The second-order valence-electron chi connectivity index (χ2n) is 3.54. The van der Waals surface area contributed by atoms with E-state index < -0.39 is 5.97 Å². The second-order valence-corrected chi connectivity index (χ2v) is 3.54. The summed E-state index contributed by atoms with van der Waals surface area (Å²) in [6, 6.07) is 18.3. The summed E-state index contributed by atoms with van der Waals surface area (Å²) in [5.41, 5.74) is 0.925. The lowest BCUT2D eigenvalue weighted by molar-refractivity contribution is -0.207. The van der Waals surface area contributed by atoms with Gasteiger partial charge in [-0.1, -0.05) is 48.5 Å². The van der Waals surface area contributed by atoms with Gasteiger partial charge in [-0.2, -0.15) is 0 Å². The maximum atomic E-state index is 11.4. The monoisotopic (exact) mass is 240 g/mol. The first-order valence-electron chi connectivity index (χ1n) is 5.51. The summed E-state index contributed by atoms with van der Waals surface area (Å²) in [5, 5.41) is 0. The Balaban J connectivity index is 1.84. The molecule has 0 radical (unpaired) electrons. The molecule has 3 nitrogen and oxygen atoms in total. The Labute approximate surface area is 105 Å². The van der Waals surface area contributed by atoms with Crippen LogP contribution in [0.4, 0.5) is 0 Å². The van der Waals surface area contributed by atoms with Gasteiger partial charge >= 0.3 is 5.97 Å². The topological polar surface area (TPSA) is 35.5 Å². The number of hydrogen-bond acceptors (Lipinski definition) is 3. The molecule has 3 heteroatoms. The smallest absolute Gasteiger partial charge is 0.287 e. The third-order valence-corrected chi connectivity index (χ3v) is 2.17. The molecule has 0 saturated carbocycles. The van der Waals surface area contributed by atoms with E-state index in [2.05, 4.69) is 4.89 Å². The Morgan fingerprint density at radius 3 is 2.17 bits per heavy atom. The summed E-state index contributed by atoms with van der Waals surface area (Å²) in [5.74, 6) is -0.0679. The molecule has 0 N–H and O–H groups in total. The van der Waals surface area contributed by atoms with Gasteiger partial charge < -0.3 is 0 Å². The third-order valence-electron chi connectivity index (χ3n) is 2.17. The molecule has 90 valence electrons. The number of rotatable bonds is 4. The van der Waals surface area contributed by atoms with Crippen LogP contribution in [0.5, 0.6) is 5.75 Å². The fourth-order valence-corrected chi connectivity index (χ4v) is 1.32. The first kappa shape index (κ1) is 11.9. The summed E-state index contributed by atoms with van der Waals surface area (Å²) >= 11 is 0. The van der Waals surface area contributed by atoms with Crippen LogP contribution < -0.4 is 4.89 Å². The predicted molar refractivity (Wildman–Crippen MR) is 68.6 cm³/mol. The first-order chi connectivity index (χ1) is 8.84. The van der Waals surface area contributed by atoms with Crippen molar-refractivity contribution in [2.45, 2.75) is 0 Å². The second kappa shape index (κ2) is 6.25. The van der Waals surface area contributed by atoms with Crippen LogP contribution in [0.2, 0.25) is 0 Å². The largest absolute Gasteiger partial charge is 0.379 e. The van der Waals surface area contributed by atoms with Gasteiger partial charge in [0.2, 0.25) is 0 Å². The van der Waals surface area contributed by atoms with E-state index in [0.29, 0.717) is 5.75 Å². The van der Waals surface area contributed by atoms with Crippen LogP contribution in [-0.4, -0.2) is 5.97 Å². The molecule has 0 atom stereocenters. The average Bonchev–Trinajstić information content (AvgIpc) is 2.45. The van der Waals surface area contributed by atoms with Gasteiger partial charge in [-0.15, -0.1) is 0 Å². The number of carbonyl (C=O) groups excluding carboxylic acids is 1. The van der Waals surface area contributed by atoms with Gasteiger partial charge in [0.25, 0.3) is 0 Å². The van der Waals surface area contributed by atoms with Crippen molar-refractivity contribution in [1.82, 2.24) is 0 Å². The molecule has 0 aliphatic rings. The minimum Gasteiger partial charge on any atom is -0.287 e. The van der Waals surface area contributed by atoms with Gasteiger partial charge in [-0.05, 0) is 23.8 Å². The van der Waals surface area contributed by atoms with Crippen LogP contribution in [0.15, 0.2) is 66.7 Å². The van der Waals surface area contributed by atoms with Crippen LogP contribution in [0.3, 0.4) is 0 Å². The highest BCUT2D eigenvalue weighted by atomic mass is 17.2. The molecule has 0 saturated heterocycles. The van der Waals surface area contributed by atoms with Crippen LogP contribution in [-0.2, 0) is 9.68 Å². The third kappa shape index (κ3) is 3.79. The van der Waals surface area contributed by atoms with Crippen molar-refractivity contribution in [1.29, 1.82) is 0 Å². The van der Waals surface area contributed by atoms with E-state index in [4.69, 9.17) is 4.89 Å². The minimum atomic E-state index is -0.553. The zero-order valence-electron chi connectivity index (χ0n) is 9.65. The summed E-state index contributed by atoms with van der Waals surface area (Å²) in [6.45, 7) is 0. The highest BCUT2D eigenvalue weighted by Gasteiger charge is 1.99. The van der Waals surface area contributed by atoms with Crippen LogP contribution in [0.25, 0.3) is 6.08 Å². The highest BCUT2D eigenvalue weighted by molar-refractivity contribution is 5.86. The lowest BCUT2D eigenvalue weighted by atomic mass is 10.2. The lowest BCUT2D eigenvalue weighted by Gasteiger charge is -2.01. The molecule has 18 heavy (non-hydrogen) atoms. The Kier molecular flexibility index (Phi) is 4.14. The molecule has 0 bridgehead atoms. The van der Waals surface area contributed by atoms with Gasteiger partial charge in [-0.25, -0.2) is 9.68 Å². The zero-order valence-corrected chi connectivity index (χ0v) is 9.65. The first-order valence-corrected chi connectivity index (χ1v) is 5.51. The van der Waals surface area contributed by atoms with Crippen molar-refractivity contribution in [2.75, 3.05) is 0 Å². The number of benzene rings is 2. The number of carbonyl (C=O) groups is 1. The average molecular weight is 240 g/mol. The quantitative estimate of drug-likeness (QED) is 0.467. The molecule has 0 amide bonds. The molecule has 0 heterocycles. The molecular formula is C15H12O3. The van der Waals surface area contributed by atoms with Gasteiger partial charge in [0, 0.05) is 6.08 Å². The molecule has 0 unspecified atom stereocenters. The van der Waals surface area contributed by atoms with E-state index in [-0.39, 0.29) is 0 Å². The molecule has 0 spiro atoms. The highest BCUT2D eigenvalue weighted by Crippen LogP contribution is 2.09. The minimum absolute atomic E-state index is 0.485. The standard InChI is InChI=1S/C15H12O3/c16-15(12-11-13-7-3-1-4-8-13)18-17-14-9-5-2-6-10-14/h1-12H/b12-11+. The SMILES string of the molecule is O=C(/C=C/c1ccccc1)OOc1ccccc1. The number of hydrogen-bond donors (Lipinski definition) is 0. The zero-order chi connectivity index (χ0) is 12.6. The summed E-state index contributed by atoms with van der Waals surface area (Å²) < 4.78 is 0. The van der Waals surface area contributed by atoms with E-state index in [1.807, 2.05) is 36.4 Å². The van der Waals surface area contributed by atoms with Crippen molar-refractivity contribution >= 4 is 12.0 Å². The normalized spacial score (nSPS) is 10.2. The van der Waals surface area contributed by atoms with E-state index in [9.17, 15) is 4.79 Å². The maximum Gasteiger partial charge on any atom is 0.379 e. The maximum absolute atomic E-state index is 11.4. The molecule has 2 aromatic carbocycles. The van der Waals surface area contributed by atoms with Crippen LogP contribution in [0.1, 0.15) is 5.56 Å². The molecule has 0 aliphatic heterocycles. The summed E-state index contributed by atoms with van der Waals surface area (Å²) in [4.78, 5) is 20.8. The van der Waals surface area contributed by atoms with Gasteiger partial charge in [0.15, 0.2) is 5.75 Å². The Morgan fingerprint density at radius 1 is 0.889 bits per heavy atom. The molecule has 0 aromatic heterocycles. The molecule has 2 aromatic rings. The van der Waals surface area contributed by atoms with Crippen molar-refractivity contribution in [3.8, 4) is 5.75 Å². The molecule has 0 fully saturated rings. The Hall–Kier alpha value is -2.55. The van der Waals surface area contributed by atoms with Crippen LogP contribution >= 0.6 is 0 Å². The van der Waals surface area contributed by atoms with E-state index >= 15 is 0 Å². The molecular weight excluding hydrogens is 228 g/mol. The van der Waals surface area contributed by atoms with Crippen molar-refractivity contribution in [3.05, 3.63) is 72.3 Å². The predicted octanol–water partition coefficient (Wildman–Crippen LogP) is 3.24. The van der Waals surface area contributed by atoms with Crippen molar-refractivity contribution < 1.29 is 14.6 Å². The van der Waals surface area contributed by atoms with E-state index in [1.54, 1.807) is 30.3 Å². The van der Waals surface area contributed by atoms with E-state index in [0.717, 1.165) is 5.56 Å². The van der Waals surface area contributed by atoms with Gasteiger partial charge in [0.05, 0.1) is 0 Å². The molecule has 2 rings (SSSR count). The van der Waals surface area contributed by atoms with Crippen molar-refractivity contribution in [2.24, 2.45) is 0 Å². The number of para-hydroxylation sites is 1. The summed E-state index contributed by atoms with van der Waals surface area (Å²) in [6.07, 6.45) is 2.98. The lowest BCUT2D eigenvalue weighted by Crippen LogP contribution is -2.04. The summed E-state index contributed by atoms with van der Waals surface area (Å²) in [7, 11) is 0. The van der Waals surface area contributed by atoms with Gasteiger partial charge in [-0.3, -0.25) is 4.89 Å².